The van der Waals surface area contributed by atoms with Gasteiger partial charge >= 0.3 is 0 Å². The standard InChI is InChI=1S/C13H8FN3O2/c14-8-5-6-11(12(18)7-8)17-10-4-2-1-3-9(10)13(19)15-16-17/h1-7,18H. The maximum Gasteiger partial charge on any atom is 0.299 e. The molecule has 19 heavy (non-hydrogen) atoms. The molecule has 0 atom stereocenters. The molecule has 0 radical (unpaired) electrons. The molecule has 94 valence electrons. The summed E-state index contributed by atoms with van der Waals surface area (Å²) < 4.78 is 14.3. The molecule has 0 aliphatic heterocycles. The number of benzene rings is 2. The van der Waals surface area contributed by atoms with Gasteiger partial charge in [0.05, 0.1) is 10.9 Å². The smallest absolute Gasteiger partial charge is 0.299 e. The highest BCUT2D eigenvalue weighted by Gasteiger charge is 2.10. The molecule has 0 spiro atoms. The van der Waals surface area contributed by atoms with Gasteiger partial charge in [-0.25, -0.2) is 9.07 Å². The number of nitrogens with zero attached hydrogens (tertiary/aromatic N) is 3. The summed E-state index contributed by atoms with van der Waals surface area (Å²) in [7, 11) is 0. The average molecular weight is 257 g/mol. The summed E-state index contributed by atoms with van der Waals surface area (Å²) in [6, 6.07) is 10.3. The Morgan fingerprint density at radius 2 is 1.95 bits per heavy atom. The van der Waals surface area contributed by atoms with E-state index in [2.05, 4.69) is 10.3 Å². The van der Waals surface area contributed by atoms with Crippen LogP contribution in [0.5, 0.6) is 5.75 Å². The van der Waals surface area contributed by atoms with Gasteiger partial charge in [0.25, 0.3) is 5.56 Å². The quantitative estimate of drug-likeness (QED) is 0.719. The Bertz CT molecular complexity index is 829. The lowest BCUT2D eigenvalue weighted by Crippen LogP contribution is -2.16. The van der Waals surface area contributed by atoms with Crippen LogP contribution in [0.1, 0.15) is 0 Å². The maximum absolute atomic E-state index is 13.0. The molecule has 3 rings (SSSR count). The summed E-state index contributed by atoms with van der Waals surface area (Å²) >= 11 is 0. The molecule has 1 N–H and O–H groups in total. The Morgan fingerprint density at radius 1 is 1.16 bits per heavy atom. The zero-order valence-electron chi connectivity index (χ0n) is 9.62. The monoisotopic (exact) mass is 257 g/mol. The molecule has 0 unspecified atom stereocenters. The normalized spacial score (nSPS) is 10.8. The molecule has 1 heterocycles. The molecule has 3 aromatic rings. The lowest BCUT2D eigenvalue weighted by atomic mass is 10.2. The van der Waals surface area contributed by atoms with E-state index in [1.54, 1.807) is 24.3 Å². The lowest BCUT2D eigenvalue weighted by molar-refractivity contribution is 0.463. The van der Waals surface area contributed by atoms with Crippen LogP contribution in [-0.4, -0.2) is 20.1 Å². The van der Waals surface area contributed by atoms with E-state index in [4.69, 9.17) is 0 Å². The van der Waals surface area contributed by atoms with E-state index >= 15 is 0 Å². The number of aromatic nitrogens is 3. The summed E-state index contributed by atoms with van der Waals surface area (Å²) in [6.07, 6.45) is 0. The molecular formula is C13H8FN3O2. The van der Waals surface area contributed by atoms with Gasteiger partial charge in [0.1, 0.15) is 17.3 Å². The minimum atomic E-state index is -0.556. The van der Waals surface area contributed by atoms with E-state index in [-0.39, 0.29) is 11.4 Å². The van der Waals surface area contributed by atoms with Crippen LogP contribution in [0.4, 0.5) is 4.39 Å². The van der Waals surface area contributed by atoms with E-state index in [0.29, 0.717) is 10.9 Å². The molecular weight excluding hydrogens is 249 g/mol. The predicted molar refractivity (Wildman–Crippen MR) is 66.8 cm³/mol. The van der Waals surface area contributed by atoms with Crippen LogP contribution in [0.2, 0.25) is 0 Å². The van der Waals surface area contributed by atoms with Crippen molar-refractivity contribution in [1.82, 2.24) is 15.0 Å². The molecule has 6 heteroatoms. The molecule has 1 aromatic heterocycles. The summed E-state index contributed by atoms with van der Waals surface area (Å²) in [5, 5.41) is 17.4. The van der Waals surface area contributed by atoms with Crippen LogP contribution < -0.4 is 5.56 Å². The first-order valence-electron chi connectivity index (χ1n) is 5.50. The molecule has 0 aliphatic rings. The number of para-hydroxylation sites is 1. The Morgan fingerprint density at radius 3 is 2.74 bits per heavy atom. The second kappa shape index (κ2) is 4.16. The van der Waals surface area contributed by atoms with E-state index in [1.807, 2.05) is 0 Å². The van der Waals surface area contributed by atoms with Gasteiger partial charge in [-0.15, -0.1) is 0 Å². The number of phenolic OH excluding ortho intramolecular Hbond substituents is 1. The summed E-state index contributed by atoms with van der Waals surface area (Å²) in [6.45, 7) is 0. The van der Waals surface area contributed by atoms with E-state index in [9.17, 15) is 14.3 Å². The van der Waals surface area contributed by atoms with Crippen LogP contribution in [0, 0.1) is 5.82 Å². The lowest BCUT2D eigenvalue weighted by Gasteiger charge is -2.09. The maximum atomic E-state index is 13.0. The van der Waals surface area contributed by atoms with Crippen molar-refractivity contribution in [2.75, 3.05) is 0 Å². The number of phenols is 1. The molecule has 0 amide bonds. The third kappa shape index (κ3) is 1.83. The number of aromatic hydroxyl groups is 1. The Kier molecular flexibility index (Phi) is 2.49. The number of hydrogen-bond acceptors (Lipinski definition) is 4. The molecule has 0 saturated carbocycles. The molecule has 2 aromatic carbocycles. The van der Waals surface area contributed by atoms with Crippen molar-refractivity contribution in [3.63, 3.8) is 0 Å². The number of hydrogen-bond donors (Lipinski definition) is 1. The Balaban J connectivity index is 2.37. The van der Waals surface area contributed by atoms with Gasteiger partial charge in [0.15, 0.2) is 0 Å². The van der Waals surface area contributed by atoms with E-state index in [0.717, 1.165) is 6.07 Å². The van der Waals surface area contributed by atoms with Gasteiger partial charge in [-0.2, -0.15) is 0 Å². The van der Waals surface area contributed by atoms with Crippen molar-refractivity contribution in [3.05, 3.63) is 58.6 Å². The topological polar surface area (TPSA) is 68.0 Å². The van der Waals surface area contributed by atoms with Gasteiger partial charge in [0, 0.05) is 6.07 Å². The van der Waals surface area contributed by atoms with Crippen molar-refractivity contribution in [1.29, 1.82) is 0 Å². The second-order valence-electron chi connectivity index (χ2n) is 3.96. The third-order valence-electron chi connectivity index (χ3n) is 2.75. The molecule has 0 saturated heterocycles. The predicted octanol–water partition coefficient (Wildman–Crippen LogP) is 1.63. The first-order valence-corrected chi connectivity index (χ1v) is 5.50. The Hall–Kier alpha value is -2.76. The van der Waals surface area contributed by atoms with Crippen molar-refractivity contribution in [3.8, 4) is 11.4 Å². The first-order chi connectivity index (χ1) is 9.16. The van der Waals surface area contributed by atoms with Crippen LogP contribution in [0.3, 0.4) is 0 Å². The number of halogens is 1. The first kappa shape index (κ1) is 11.3. The van der Waals surface area contributed by atoms with Crippen LogP contribution in [-0.2, 0) is 0 Å². The Labute approximate surface area is 106 Å². The van der Waals surface area contributed by atoms with Gasteiger partial charge in [-0.05, 0) is 24.3 Å². The van der Waals surface area contributed by atoms with Crippen molar-refractivity contribution in [2.24, 2.45) is 0 Å². The minimum Gasteiger partial charge on any atom is -0.506 e. The third-order valence-corrected chi connectivity index (χ3v) is 2.75. The fourth-order valence-electron chi connectivity index (χ4n) is 1.88. The summed E-state index contributed by atoms with van der Waals surface area (Å²) in [5.74, 6) is -0.831. The molecule has 0 bridgehead atoms. The van der Waals surface area contributed by atoms with Crippen molar-refractivity contribution >= 4 is 10.9 Å². The highest BCUT2D eigenvalue weighted by atomic mass is 19.1. The summed E-state index contributed by atoms with van der Waals surface area (Å²) in [5.41, 5.74) is 0.294. The fraction of sp³-hybridized carbons (Fsp3) is 0. The minimum absolute atomic E-state index is 0.255. The largest absolute Gasteiger partial charge is 0.506 e. The van der Waals surface area contributed by atoms with E-state index < -0.39 is 11.4 Å². The van der Waals surface area contributed by atoms with Gasteiger partial charge in [0.2, 0.25) is 0 Å². The fourth-order valence-corrected chi connectivity index (χ4v) is 1.88. The van der Waals surface area contributed by atoms with Gasteiger partial charge in [-0.3, -0.25) is 4.79 Å². The van der Waals surface area contributed by atoms with Crippen molar-refractivity contribution < 1.29 is 9.50 Å². The van der Waals surface area contributed by atoms with Crippen LogP contribution >= 0.6 is 0 Å². The number of rotatable bonds is 1. The highest BCUT2D eigenvalue weighted by molar-refractivity contribution is 5.79. The zero-order chi connectivity index (χ0) is 13.4. The number of fused-ring (bicyclic) bond motifs is 1. The van der Waals surface area contributed by atoms with Crippen molar-refractivity contribution in [2.45, 2.75) is 0 Å². The SMILES string of the molecule is O=c1nnn(-c2ccc(F)cc2O)c2ccccc12. The van der Waals surface area contributed by atoms with Gasteiger partial charge < -0.3 is 5.11 Å². The molecule has 0 aliphatic carbocycles. The highest BCUT2D eigenvalue weighted by Crippen LogP contribution is 2.23. The average Bonchev–Trinajstić information content (AvgIpc) is 2.41. The summed E-state index contributed by atoms with van der Waals surface area (Å²) in [4.78, 5) is 11.6. The zero-order valence-corrected chi connectivity index (χ0v) is 9.62. The second-order valence-corrected chi connectivity index (χ2v) is 3.96. The molecule has 0 fully saturated rings. The van der Waals surface area contributed by atoms with Crippen LogP contribution in [0.25, 0.3) is 16.6 Å². The van der Waals surface area contributed by atoms with E-state index in [1.165, 1.54) is 16.8 Å². The van der Waals surface area contributed by atoms with Gasteiger partial charge in [-0.1, -0.05) is 22.4 Å². The van der Waals surface area contributed by atoms with Crippen LogP contribution in [0.15, 0.2) is 47.3 Å². The molecule has 5 nitrogen and oxygen atoms in total.